The predicted octanol–water partition coefficient (Wildman–Crippen LogP) is 0.636. The van der Waals surface area contributed by atoms with Crippen LogP contribution in [-0.2, 0) is 6.42 Å². The van der Waals surface area contributed by atoms with Crippen LogP contribution in [0.1, 0.15) is 12.0 Å². The highest BCUT2D eigenvalue weighted by Crippen LogP contribution is 2.43. The highest BCUT2D eigenvalue weighted by Gasteiger charge is 2.53. The first kappa shape index (κ1) is 15.4. The van der Waals surface area contributed by atoms with E-state index in [-0.39, 0.29) is 11.5 Å². The molecule has 0 spiro atoms. The van der Waals surface area contributed by atoms with Crippen LogP contribution < -0.4 is 17.2 Å². The third kappa shape index (κ3) is 2.95. The molecule has 1 aliphatic heterocycles. The summed E-state index contributed by atoms with van der Waals surface area (Å²) in [5.41, 5.74) is 13.2. The lowest BCUT2D eigenvalue weighted by Crippen LogP contribution is -2.29. The number of aromatic nitrogens is 2. The number of nitrogens with zero attached hydrogens (tertiary/aromatic N) is 3. The summed E-state index contributed by atoms with van der Waals surface area (Å²) in [4.78, 5) is 18.1. The number of piperidine rings is 1. The Bertz CT molecular complexity index is 773. The monoisotopic (exact) mass is 325 g/mol. The Labute approximate surface area is 141 Å². The van der Waals surface area contributed by atoms with Crippen molar-refractivity contribution in [2.75, 3.05) is 25.4 Å². The number of rotatable bonds is 5. The van der Waals surface area contributed by atoms with Gasteiger partial charge in [-0.2, -0.15) is 4.98 Å². The molecule has 24 heavy (non-hydrogen) atoms. The summed E-state index contributed by atoms with van der Waals surface area (Å²) < 4.78 is 1.50. The average molecular weight is 325 g/mol. The highest BCUT2D eigenvalue weighted by molar-refractivity contribution is 5.36. The first-order chi connectivity index (χ1) is 11.6. The maximum atomic E-state index is 11.9. The van der Waals surface area contributed by atoms with E-state index >= 15 is 0 Å². The van der Waals surface area contributed by atoms with Crippen LogP contribution in [0.2, 0.25) is 0 Å². The Morgan fingerprint density at radius 3 is 2.50 bits per heavy atom. The molecule has 4 rings (SSSR count). The van der Waals surface area contributed by atoms with Crippen molar-refractivity contribution in [3.8, 4) is 5.69 Å². The third-order valence-corrected chi connectivity index (χ3v) is 5.32. The standard InChI is InChI=1S/C18H23N5O/c19-16-7-9-23(18(24)21-16)13-5-3-12(4-6-13)2-1-8-22-10-14-15(11-22)17(14)20/h3-7,9,14-15,17H,1-2,8,10-11,20H2,(H2,19,21,24)/t14-,15+,17?. The molecule has 0 bridgehead atoms. The van der Waals surface area contributed by atoms with E-state index in [1.54, 1.807) is 12.3 Å². The van der Waals surface area contributed by atoms with Gasteiger partial charge in [-0.1, -0.05) is 12.1 Å². The van der Waals surface area contributed by atoms with Crippen LogP contribution in [0.15, 0.2) is 41.3 Å². The van der Waals surface area contributed by atoms with Crippen LogP contribution in [0.25, 0.3) is 5.69 Å². The van der Waals surface area contributed by atoms with Gasteiger partial charge >= 0.3 is 5.69 Å². The highest BCUT2D eigenvalue weighted by atomic mass is 16.1. The summed E-state index contributed by atoms with van der Waals surface area (Å²) in [6, 6.07) is 10.2. The number of aryl methyl sites for hydroxylation is 1. The summed E-state index contributed by atoms with van der Waals surface area (Å²) in [7, 11) is 0. The minimum atomic E-state index is -0.353. The smallest absolute Gasteiger partial charge is 0.354 e. The number of nitrogen functional groups attached to an aromatic ring is 1. The SMILES string of the molecule is Nc1ccn(-c2ccc(CCCN3C[C@@H]4C(N)[C@@H]4C3)cc2)c(=O)n1. The normalized spacial score (nSPS) is 25.6. The Morgan fingerprint density at radius 1 is 1.12 bits per heavy atom. The summed E-state index contributed by atoms with van der Waals surface area (Å²) in [6.07, 6.45) is 3.85. The van der Waals surface area contributed by atoms with Gasteiger partial charge in [-0.3, -0.25) is 4.57 Å². The molecule has 1 saturated carbocycles. The van der Waals surface area contributed by atoms with E-state index in [1.807, 2.05) is 12.1 Å². The van der Waals surface area contributed by atoms with Crippen molar-refractivity contribution in [3.05, 3.63) is 52.6 Å². The molecule has 6 nitrogen and oxygen atoms in total. The zero-order valence-corrected chi connectivity index (χ0v) is 13.6. The van der Waals surface area contributed by atoms with Crippen LogP contribution in [0.3, 0.4) is 0 Å². The van der Waals surface area contributed by atoms with Crippen molar-refractivity contribution in [1.82, 2.24) is 14.5 Å². The Balaban J connectivity index is 1.32. The van der Waals surface area contributed by atoms with Crippen molar-refractivity contribution >= 4 is 5.82 Å². The lowest BCUT2D eigenvalue weighted by atomic mass is 10.1. The molecule has 2 heterocycles. The number of benzene rings is 1. The van der Waals surface area contributed by atoms with Gasteiger partial charge < -0.3 is 16.4 Å². The fraction of sp³-hybridized carbons (Fsp3) is 0.444. The fourth-order valence-corrected chi connectivity index (χ4v) is 3.79. The van der Waals surface area contributed by atoms with Crippen LogP contribution >= 0.6 is 0 Å². The minimum absolute atomic E-state index is 0.244. The molecule has 2 fully saturated rings. The second kappa shape index (κ2) is 6.03. The predicted molar refractivity (Wildman–Crippen MR) is 94.0 cm³/mol. The maximum Gasteiger partial charge on any atom is 0.354 e. The van der Waals surface area contributed by atoms with Gasteiger partial charge in [0.05, 0.1) is 5.69 Å². The van der Waals surface area contributed by atoms with Crippen LogP contribution in [0.4, 0.5) is 5.82 Å². The molecule has 6 heteroatoms. The molecule has 2 aromatic rings. The van der Waals surface area contributed by atoms with Crippen LogP contribution in [0.5, 0.6) is 0 Å². The number of fused-ring (bicyclic) bond motifs is 1. The van der Waals surface area contributed by atoms with E-state index in [1.165, 1.54) is 23.2 Å². The van der Waals surface area contributed by atoms with Gasteiger partial charge in [-0.15, -0.1) is 0 Å². The molecule has 1 saturated heterocycles. The number of nitrogens with two attached hydrogens (primary N) is 2. The van der Waals surface area contributed by atoms with E-state index in [0.717, 1.165) is 36.9 Å². The van der Waals surface area contributed by atoms with Gasteiger partial charge in [0.15, 0.2) is 0 Å². The second-order valence-electron chi connectivity index (χ2n) is 6.94. The lowest BCUT2D eigenvalue weighted by Gasteiger charge is -2.18. The third-order valence-electron chi connectivity index (χ3n) is 5.32. The van der Waals surface area contributed by atoms with Gasteiger partial charge in [0, 0.05) is 25.3 Å². The second-order valence-corrected chi connectivity index (χ2v) is 6.94. The largest absolute Gasteiger partial charge is 0.383 e. The molecule has 0 radical (unpaired) electrons. The van der Waals surface area contributed by atoms with Gasteiger partial charge in [-0.25, -0.2) is 4.79 Å². The molecule has 1 aromatic heterocycles. The minimum Gasteiger partial charge on any atom is -0.383 e. The molecular weight excluding hydrogens is 302 g/mol. The lowest BCUT2D eigenvalue weighted by molar-refractivity contribution is 0.294. The van der Waals surface area contributed by atoms with Crippen molar-refractivity contribution in [1.29, 1.82) is 0 Å². The molecule has 1 aromatic carbocycles. The molecule has 0 amide bonds. The molecule has 1 unspecified atom stereocenters. The van der Waals surface area contributed by atoms with Crippen molar-refractivity contribution < 1.29 is 0 Å². The number of anilines is 1. The summed E-state index contributed by atoms with van der Waals surface area (Å²) >= 11 is 0. The molecule has 126 valence electrons. The van der Waals surface area contributed by atoms with Gasteiger partial charge in [0.25, 0.3) is 0 Å². The molecule has 3 atom stereocenters. The van der Waals surface area contributed by atoms with E-state index in [4.69, 9.17) is 11.5 Å². The molecule has 4 N–H and O–H groups in total. The Hall–Kier alpha value is -2.18. The summed E-state index contributed by atoms with van der Waals surface area (Å²) in [5, 5.41) is 0. The number of hydrogen-bond donors (Lipinski definition) is 2. The number of likely N-dealkylation sites (tertiary alicyclic amines) is 1. The summed E-state index contributed by atoms with van der Waals surface area (Å²) in [5.74, 6) is 1.76. The average Bonchev–Trinajstić information content (AvgIpc) is 2.97. The Morgan fingerprint density at radius 2 is 1.83 bits per heavy atom. The maximum absolute atomic E-state index is 11.9. The quantitative estimate of drug-likeness (QED) is 0.842. The zero-order valence-electron chi connectivity index (χ0n) is 13.6. The van der Waals surface area contributed by atoms with Crippen molar-refractivity contribution in [2.45, 2.75) is 18.9 Å². The van der Waals surface area contributed by atoms with E-state index in [9.17, 15) is 4.79 Å². The van der Waals surface area contributed by atoms with Crippen molar-refractivity contribution in [3.63, 3.8) is 0 Å². The first-order valence-electron chi connectivity index (χ1n) is 8.54. The van der Waals surface area contributed by atoms with E-state index in [2.05, 4.69) is 22.0 Å². The topological polar surface area (TPSA) is 90.2 Å². The van der Waals surface area contributed by atoms with Crippen LogP contribution in [-0.4, -0.2) is 40.1 Å². The van der Waals surface area contributed by atoms with Crippen molar-refractivity contribution in [2.24, 2.45) is 17.6 Å². The van der Waals surface area contributed by atoms with Gasteiger partial charge in [0.1, 0.15) is 5.82 Å². The molecule has 2 aliphatic rings. The Kier molecular flexibility index (Phi) is 3.86. The zero-order chi connectivity index (χ0) is 16.7. The fourth-order valence-electron chi connectivity index (χ4n) is 3.79. The number of hydrogen-bond acceptors (Lipinski definition) is 5. The van der Waals surface area contributed by atoms with E-state index < -0.39 is 0 Å². The molecule has 1 aliphatic carbocycles. The van der Waals surface area contributed by atoms with E-state index in [0.29, 0.717) is 6.04 Å². The van der Waals surface area contributed by atoms with Gasteiger partial charge in [-0.05, 0) is 55.0 Å². The van der Waals surface area contributed by atoms with Crippen LogP contribution in [0, 0.1) is 11.8 Å². The first-order valence-corrected chi connectivity index (χ1v) is 8.54. The van der Waals surface area contributed by atoms with Gasteiger partial charge in [0.2, 0.25) is 0 Å². The summed E-state index contributed by atoms with van der Waals surface area (Å²) in [6.45, 7) is 3.50. The molecular formula is C18H23N5O.